The number of hydrogen-bond donors (Lipinski definition) is 12. The van der Waals surface area contributed by atoms with E-state index in [9.17, 15) is 86.6 Å². The second-order valence-corrected chi connectivity index (χ2v) is 37.0. The number of thioether (sulfide) groups is 4. The number of carboxylic acid groups (broad SMARTS) is 1. The summed E-state index contributed by atoms with van der Waals surface area (Å²) in [7, 11) is 0. The lowest BCUT2D eigenvalue weighted by Crippen LogP contribution is -2.51. The molecule has 39 heteroatoms. The van der Waals surface area contributed by atoms with Crippen molar-refractivity contribution in [3.05, 3.63) is 29.8 Å². The molecule has 0 saturated carbocycles. The number of carbonyl (C=O) groups excluding carboxylic acids is 16. The zero-order valence-corrected chi connectivity index (χ0v) is 78.3. The van der Waals surface area contributed by atoms with E-state index in [2.05, 4.69) is 58.5 Å². The van der Waals surface area contributed by atoms with Gasteiger partial charge < -0.3 is 92.0 Å². The number of rotatable bonds is 61. The summed E-state index contributed by atoms with van der Waals surface area (Å²) in [6, 6.07) is 2.21. The highest BCUT2D eigenvalue weighted by molar-refractivity contribution is 8.00. The first-order valence-electron chi connectivity index (χ1n) is 41.2. The fourth-order valence-corrected chi connectivity index (χ4v) is 14.3. The highest BCUT2D eigenvalue weighted by Gasteiger charge is 2.33. The van der Waals surface area contributed by atoms with Crippen molar-refractivity contribution in [1.29, 1.82) is 0 Å². The van der Waals surface area contributed by atoms with E-state index < -0.39 is 76.9 Å². The Bertz CT molecular complexity index is 3490. The minimum atomic E-state index is -1.26. The van der Waals surface area contributed by atoms with Crippen molar-refractivity contribution in [2.75, 3.05) is 105 Å². The third kappa shape index (κ3) is 58.0. The molecule has 11 amide bonds. The molecule has 0 bridgehead atoms. The van der Waals surface area contributed by atoms with Crippen LogP contribution in [0.25, 0.3) is 0 Å². The summed E-state index contributed by atoms with van der Waals surface area (Å²) in [5.74, 6) is -6.05. The maximum atomic E-state index is 13.4. The standard InChI is InChI=1S/C55H90N6O15S2.C28H49N5O9S2/c1-14-56-51(69)41(16-15-21-57-49(67)34-78-32-44(59-39(8)62)46(64)24-35(2)3)26-42(63)31-77-33-45(60-53(71)76-54(9,10)11)52(70)75-29-40-17-19-43(20-18-40)74-30-48(66)58-38(7)28-73-23-22-72-27-37(6)25-47(65)55(12,13)61-50(68)36(4)5;1-8-29-24(37)19(12-20(35)13-43-15-22(26(39)40)33-27(41)42-28(5,6)7)10-9-11-30-23(36)16-44-14-21(32-18(4)34)25(38)31-17(2)3/h17-20,35-38,41,44-45H,14-16,21-34H2,1-13H3,(H,56,69)(H,57,67)(H,58,66)(H,59,62)(H,60,71)(H,61,68);17,19,21-22H,8-16H2,1-7H3,(H,29,37)(H,30,36)(H,31,38)(H,32,34)(H,33,41)(H,39,40)/t37?,38?,41-,44+,45+;19-,21+,22+/m11/s1. The maximum Gasteiger partial charge on any atom is 0.408 e. The Morgan fingerprint density at radius 2 is 0.926 bits per heavy atom. The molecule has 0 aromatic heterocycles. The van der Waals surface area contributed by atoms with Crippen LogP contribution in [0.4, 0.5) is 9.59 Å². The zero-order valence-electron chi connectivity index (χ0n) is 75.0. The number of carboxylic acids is 1. The molecule has 1 aromatic carbocycles. The van der Waals surface area contributed by atoms with E-state index in [1.807, 2.05) is 20.8 Å². The fourth-order valence-electron chi connectivity index (χ4n) is 10.7. The largest absolute Gasteiger partial charge is 0.484 e. The van der Waals surface area contributed by atoms with Crippen molar-refractivity contribution in [2.24, 2.45) is 29.6 Å². The van der Waals surface area contributed by atoms with E-state index in [1.165, 1.54) is 37.4 Å². The van der Waals surface area contributed by atoms with Gasteiger partial charge in [0.05, 0.1) is 54.4 Å². The summed E-state index contributed by atoms with van der Waals surface area (Å²) in [6.07, 6.45) is 0.197. The normalized spacial score (nSPS) is 13.4. The molecule has 0 spiro atoms. The molecule has 0 aliphatic heterocycles. The molecule has 8 atom stereocenters. The quantitative estimate of drug-likeness (QED) is 0.0204. The van der Waals surface area contributed by atoms with Crippen LogP contribution in [0.2, 0.25) is 0 Å². The minimum absolute atomic E-state index is 0.0433. The summed E-state index contributed by atoms with van der Waals surface area (Å²) in [5, 5.41) is 38.8. The van der Waals surface area contributed by atoms with Gasteiger partial charge in [0.2, 0.25) is 47.3 Å². The van der Waals surface area contributed by atoms with Crippen molar-refractivity contribution in [2.45, 2.75) is 249 Å². The van der Waals surface area contributed by atoms with E-state index >= 15 is 0 Å². The number of benzene rings is 1. The van der Waals surface area contributed by atoms with E-state index in [0.717, 1.165) is 23.5 Å². The van der Waals surface area contributed by atoms with Gasteiger partial charge in [-0.3, -0.25) is 62.3 Å². The van der Waals surface area contributed by atoms with Gasteiger partial charge >= 0.3 is 24.1 Å². The summed E-state index contributed by atoms with van der Waals surface area (Å²) < 4.78 is 33.0. The fraction of sp³-hybridized carbons (Fsp3) is 0.723. The number of aliphatic carboxylic acids is 1. The Hall–Kier alpha value is -8.27. The van der Waals surface area contributed by atoms with E-state index in [1.54, 1.807) is 128 Å². The van der Waals surface area contributed by atoms with Gasteiger partial charge in [-0.1, -0.05) is 46.8 Å². The summed E-state index contributed by atoms with van der Waals surface area (Å²) in [4.78, 5) is 211. The number of amides is 11. The van der Waals surface area contributed by atoms with Gasteiger partial charge in [-0.2, -0.15) is 23.5 Å². The smallest absolute Gasteiger partial charge is 0.408 e. The van der Waals surface area contributed by atoms with Crippen molar-refractivity contribution >= 4 is 147 Å². The first kappa shape index (κ1) is 114. The highest BCUT2D eigenvalue weighted by Crippen LogP contribution is 2.21. The topological polar surface area (TPSA) is 498 Å². The lowest BCUT2D eigenvalue weighted by Gasteiger charge is -2.27. The molecular weight excluding hydrogens is 1660 g/mol. The average molecular weight is 1800 g/mol. The highest BCUT2D eigenvalue weighted by atomic mass is 32.2. The Morgan fingerprint density at radius 3 is 1.38 bits per heavy atom. The second kappa shape index (κ2) is 61.9. The first-order valence-corrected chi connectivity index (χ1v) is 45.8. The van der Waals surface area contributed by atoms with Gasteiger partial charge in [0, 0.05) is 125 Å². The van der Waals surface area contributed by atoms with Gasteiger partial charge in [0.15, 0.2) is 18.2 Å². The molecule has 0 fully saturated rings. The average Bonchev–Trinajstić information content (AvgIpc) is 0.858. The van der Waals surface area contributed by atoms with Crippen LogP contribution in [0, 0.1) is 29.6 Å². The van der Waals surface area contributed by atoms with Gasteiger partial charge in [-0.05, 0) is 145 Å². The van der Waals surface area contributed by atoms with Gasteiger partial charge in [0.1, 0.15) is 53.3 Å². The molecule has 1 aromatic rings. The number of ether oxygens (including phenoxy) is 6. The molecule has 0 aliphatic rings. The number of esters is 1. The Balaban J connectivity index is 0.00000281. The van der Waals surface area contributed by atoms with Crippen LogP contribution in [0.1, 0.15) is 195 Å². The number of ketones is 4. The van der Waals surface area contributed by atoms with Crippen LogP contribution >= 0.6 is 47.0 Å². The predicted molar refractivity (Wildman–Crippen MR) is 471 cm³/mol. The van der Waals surface area contributed by atoms with E-state index in [4.69, 9.17) is 28.4 Å². The molecule has 122 heavy (non-hydrogen) atoms. The van der Waals surface area contributed by atoms with Gasteiger partial charge in [0.25, 0.3) is 5.91 Å². The van der Waals surface area contributed by atoms with Crippen LogP contribution < -0.4 is 63.2 Å². The van der Waals surface area contributed by atoms with Crippen molar-refractivity contribution < 1.29 is 115 Å². The molecule has 0 saturated heterocycles. The molecule has 2 unspecified atom stereocenters. The second-order valence-electron chi connectivity index (χ2n) is 32.8. The van der Waals surface area contributed by atoms with Crippen molar-refractivity contribution in [3.8, 4) is 5.75 Å². The van der Waals surface area contributed by atoms with Crippen LogP contribution in [-0.2, 0) is 102 Å². The van der Waals surface area contributed by atoms with Gasteiger partial charge in [-0.15, -0.1) is 23.5 Å². The molecule has 12 N–H and O–H groups in total. The molecule has 1 rings (SSSR count). The number of hydrogen-bond acceptors (Lipinski definition) is 27. The lowest BCUT2D eigenvalue weighted by atomic mass is 9.91. The van der Waals surface area contributed by atoms with Crippen molar-refractivity contribution in [3.63, 3.8) is 0 Å². The summed E-state index contributed by atoms with van der Waals surface area (Å²) in [6.45, 7) is 36.2. The molecular formula is C83H139N11O24S4. The Kier molecular flexibility index (Phi) is 57.7. The van der Waals surface area contributed by atoms with Crippen molar-refractivity contribution in [1.82, 2.24) is 58.5 Å². The van der Waals surface area contributed by atoms with Crippen LogP contribution in [0.15, 0.2) is 24.3 Å². The number of alkyl carbamates (subject to hydrolysis) is 2. The third-order valence-electron chi connectivity index (χ3n) is 16.5. The summed E-state index contributed by atoms with van der Waals surface area (Å²) >= 11 is 4.55. The van der Waals surface area contributed by atoms with E-state index in [0.29, 0.717) is 69.7 Å². The Labute approximate surface area is 736 Å². The zero-order chi connectivity index (χ0) is 92.9. The van der Waals surface area contributed by atoms with Crippen LogP contribution in [0.5, 0.6) is 5.75 Å². The predicted octanol–water partition coefficient (Wildman–Crippen LogP) is 5.95. The molecule has 0 radical (unpaired) electrons. The number of carbonyl (C=O) groups is 17. The van der Waals surface area contributed by atoms with Crippen LogP contribution in [-0.4, -0.2) is 264 Å². The number of nitrogens with one attached hydrogen (secondary N) is 11. The maximum absolute atomic E-state index is 13.4. The SMILES string of the molecule is CCNC(=O)[C@H](CCCNC(=O)CSC[C@H](NC(C)=O)C(=O)CC(C)C)CC(=O)CSC[C@H](NC(=O)OC(C)(C)C)C(=O)OCc1ccc(OCC(=O)NC(C)COCCOCC(C)CC(=O)C(C)(C)NC(=O)C(C)C)cc1.CCNC(=O)[C@H](CCCNC(=O)CSC[C@H](NC(C)=O)C(=O)NC(C)C)CC(=O)CSC[C@H](NC(=O)OC(C)(C)C)C(=O)O. The first-order chi connectivity index (χ1) is 57.0. The van der Waals surface area contributed by atoms with Gasteiger partial charge in [-0.25, -0.2) is 19.2 Å². The Morgan fingerprint density at radius 1 is 0.475 bits per heavy atom. The summed E-state index contributed by atoms with van der Waals surface area (Å²) in [5.41, 5.74) is -2.04. The molecule has 35 nitrogen and oxygen atoms in total. The third-order valence-corrected chi connectivity index (χ3v) is 20.8. The van der Waals surface area contributed by atoms with E-state index in [-0.39, 0.29) is 211 Å². The number of Topliss-reactive ketones (excluding diaryl/α,β-unsaturated/α-hetero) is 4. The minimum Gasteiger partial charge on any atom is -0.484 e. The molecule has 694 valence electrons. The monoisotopic (exact) mass is 1800 g/mol. The lowest BCUT2D eigenvalue weighted by molar-refractivity contribution is -0.147. The molecule has 0 aliphatic carbocycles. The van der Waals surface area contributed by atoms with Crippen LogP contribution in [0.3, 0.4) is 0 Å². The molecule has 0 heterocycles.